The largest absolute Gasteiger partial charge is 0.390 e. The fraction of sp³-hybridized carbons (Fsp3) is 0.875. The monoisotopic (exact) mass is 176 g/mol. The first kappa shape index (κ1) is 11.6. The maximum absolute atomic E-state index is 10.7. The first-order valence-electron chi connectivity index (χ1n) is 3.98. The quantitative estimate of drug-likeness (QED) is 0.518. The Morgan fingerprint density at radius 2 is 1.83 bits per heavy atom. The fourth-order valence-electron chi connectivity index (χ4n) is 0.920. The minimum atomic E-state index is -1.45. The Kier molecular flexibility index (Phi) is 5.04. The third-order valence-electron chi connectivity index (χ3n) is 1.56. The SMILES string of the molecule is CC(C)C[C@@H](O)[C@H](O)C(=O)CO. The topological polar surface area (TPSA) is 77.8 Å². The molecule has 72 valence electrons. The average Bonchev–Trinajstić information content (AvgIpc) is 2.00. The number of hydrogen-bond donors (Lipinski definition) is 3. The van der Waals surface area contributed by atoms with E-state index in [-0.39, 0.29) is 5.92 Å². The van der Waals surface area contributed by atoms with E-state index in [4.69, 9.17) is 10.2 Å². The molecule has 0 aliphatic rings. The van der Waals surface area contributed by atoms with Crippen molar-refractivity contribution in [1.29, 1.82) is 0 Å². The molecule has 0 aromatic rings. The summed E-state index contributed by atoms with van der Waals surface area (Å²) in [6.45, 7) is 3.02. The van der Waals surface area contributed by atoms with Gasteiger partial charge in [-0.2, -0.15) is 0 Å². The highest BCUT2D eigenvalue weighted by atomic mass is 16.3. The summed E-state index contributed by atoms with van der Waals surface area (Å²) in [5.74, 6) is -0.524. The van der Waals surface area contributed by atoms with Gasteiger partial charge < -0.3 is 15.3 Å². The number of Topliss-reactive ketones (excluding diaryl/α,β-unsaturated/α-hetero) is 1. The molecule has 0 aliphatic carbocycles. The summed E-state index contributed by atoms with van der Waals surface area (Å²) in [7, 11) is 0. The van der Waals surface area contributed by atoms with E-state index in [1.54, 1.807) is 0 Å². The molecular formula is C8H16O4. The lowest BCUT2D eigenvalue weighted by molar-refractivity contribution is -0.136. The molecule has 4 nitrogen and oxygen atoms in total. The molecule has 4 heteroatoms. The molecule has 0 spiro atoms. The van der Waals surface area contributed by atoms with Gasteiger partial charge in [0.15, 0.2) is 5.78 Å². The van der Waals surface area contributed by atoms with E-state index >= 15 is 0 Å². The lowest BCUT2D eigenvalue weighted by Crippen LogP contribution is -2.36. The number of rotatable bonds is 5. The molecule has 0 saturated heterocycles. The van der Waals surface area contributed by atoms with Gasteiger partial charge in [0, 0.05) is 0 Å². The van der Waals surface area contributed by atoms with Gasteiger partial charge in [0.05, 0.1) is 6.10 Å². The predicted molar refractivity (Wildman–Crippen MR) is 43.6 cm³/mol. The van der Waals surface area contributed by atoms with Crippen molar-refractivity contribution in [2.75, 3.05) is 6.61 Å². The third-order valence-corrected chi connectivity index (χ3v) is 1.56. The highest BCUT2D eigenvalue weighted by molar-refractivity contribution is 5.84. The lowest BCUT2D eigenvalue weighted by Gasteiger charge is -2.17. The van der Waals surface area contributed by atoms with Crippen molar-refractivity contribution in [1.82, 2.24) is 0 Å². The molecule has 3 N–H and O–H groups in total. The van der Waals surface area contributed by atoms with Crippen LogP contribution in [0.5, 0.6) is 0 Å². The van der Waals surface area contributed by atoms with Crippen molar-refractivity contribution in [2.45, 2.75) is 32.5 Å². The summed E-state index contributed by atoms with van der Waals surface area (Å²) >= 11 is 0. The zero-order valence-electron chi connectivity index (χ0n) is 7.40. The van der Waals surface area contributed by atoms with Gasteiger partial charge in [0.1, 0.15) is 12.7 Å². The maximum Gasteiger partial charge on any atom is 0.189 e. The Balaban J connectivity index is 3.91. The Labute approximate surface area is 71.8 Å². The fourth-order valence-corrected chi connectivity index (χ4v) is 0.920. The summed E-state index contributed by atoms with van der Waals surface area (Å²) in [6, 6.07) is 0. The highest BCUT2D eigenvalue weighted by Gasteiger charge is 2.23. The second kappa shape index (κ2) is 5.24. The van der Waals surface area contributed by atoms with E-state index in [1.807, 2.05) is 13.8 Å². The first-order valence-corrected chi connectivity index (χ1v) is 3.98. The average molecular weight is 176 g/mol. The zero-order valence-corrected chi connectivity index (χ0v) is 7.40. The van der Waals surface area contributed by atoms with Gasteiger partial charge >= 0.3 is 0 Å². The molecule has 0 aromatic heterocycles. The number of hydrogen-bond acceptors (Lipinski definition) is 4. The highest BCUT2D eigenvalue weighted by Crippen LogP contribution is 2.08. The van der Waals surface area contributed by atoms with Crippen LogP contribution in [0.4, 0.5) is 0 Å². The summed E-state index contributed by atoms with van der Waals surface area (Å²) in [5.41, 5.74) is 0. The van der Waals surface area contributed by atoms with E-state index in [2.05, 4.69) is 0 Å². The van der Waals surface area contributed by atoms with Crippen LogP contribution in [0.15, 0.2) is 0 Å². The minimum Gasteiger partial charge on any atom is -0.390 e. The Morgan fingerprint density at radius 3 is 2.17 bits per heavy atom. The summed E-state index contributed by atoms with van der Waals surface area (Å²) in [5, 5.41) is 26.7. The molecule has 0 saturated carbocycles. The van der Waals surface area contributed by atoms with Gasteiger partial charge in [0.25, 0.3) is 0 Å². The maximum atomic E-state index is 10.7. The summed E-state index contributed by atoms with van der Waals surface area (Å²) < 4.78 is 0. The molecule has 0 aliphatic heterocycles. The predicted octanol–water partition coefficient (Wildman–Crippen LogP) is -0.684. The Morgan fingerprint density at radius 1 is 1.33 bits per heavy atom. The van der Waals surface area contributed by atoms with Crippen LogP contribution in [-0.4, -0.2) is 39.9 Å². The first-order chi connectivity index (χ1) is 5.49. The minimum absolute atomic E-state index is 0.209. The second-order valence-corrected chi connectivity index (χ2v) is 3.27. The van der Waals surface area contributed by atoms with Crippen LogP contribution in [-0.2, 0) is 4.79 Å². The molecule has 0 fully saturated rings. The Bertz CT molecular complexity index is 144. The van der Waals surface area contributed by atoms with Crippen LogP contribution in [0.2, 0.25) is 0 Å². The van der Waals surface area contributed by atoms with Crippen molar-refractivity contribution < 1.29 is 20.1 Å². The second-order valence-electron chi connectivity index (χ2n) is 3.27. The normalized spacial score (nSPS) is 16.2. The van der Waals surface area contributed by atoms with Gasteiger partial charge in [-0.1, -0.05) is 13.8 Å². The Hall–Kier alpha value is -0.450. The standard InChI is InChI=1S/C8H16O4/c1-5(2)3-6(10)8(12)7(11)4-9/h5-6,8-10,12H,3-4H2,1-2H3/t6-,8+/m1/s1. The van der Waals surface area contributed by atoms with Crippen LogP contribution < -0.4 is 0 Å². The molecule has 2 atom stereocenters. The van der Waals surface area contributed by atoms with E-state index in [0.717, 1.165) is 0 Å². The van der Waals surface area contributed by atoms with Crippen molar-refractivity contribution in [2.24, 2.45) is 5.92 Å². The molecule has 0 rings (SSSR count). The van der Waals surface area contributed by atoms with Crippen LogP contribution in [0, 0.1) is 5.92 Å². The smallest absolute Gasteiger partial charge is 0.189 e. The molecule has 0 unspecified atom stereocenters. The van der Waals surface area contributed by atoms with E-state index in [1.165, 1.54) is 0 Å². The van der Waals surface area contributed by atoms with Crippen LogP contribution in [0.3, 0.4) is 0 Å². The van der Waals surface area contributed by atoms with E-state index in [0.29, 0.717) is 6.42 Å². The van der Waals surface area contributed by atoms with Crippen LogP contribution in [0.25, 0.3) is 0 Å². The molecule has 0 bridgehead atoms. The van der Waals surface area contributed by atoms with Crippen LogP contribution >= 0.6 is 0 Å². The summed E-state index contributed by atoms with van der Waals surface area (Å²) in [4.78, 5) is 10.7. The molecular weight excluding hydrogens is 160 g/mol. The van der Waals surface area contributed by atoms with Gasteiger partial charge in [-0.05, 0) is 12.3 Å². The molecule has 0 heterocycles. The number of aliphatic hydroxyl groups excluding tert-OH is 3. The number of carbonyl (C=O) groups is 1. The molecule has 0 aromatic carbocycles. The summed E-state index contributed by atoms with van der Waals surface area (Å²) in [6.07, 6.45) is -2.16. The van der Waals surface area contributed by atoms with Gasteiger partial charge in [-0.3, -0.25) is 4.79 Å². The van der Waals surface area contributed by atoms with Crippen molar-refractivity contribution >= 4 is 5.78 Å². The van der Waals surface area contributed by atoms with Crippen LogP contribution in [0.1, 0.15) is 20.3 Å². The van der Waals surface area contributed by atoms with Crippen molar-refractivity contribution in [3.8, 4) is 0 Å². The van der Waals surface area contributed by atoms with Gasteiger partial charge in [0.2, 0.25) is 0 Å². The molecule has 0 radical (unpaired) electrons. The number of aliphatic hydroxyl groups is 3. The molecule has 0 amide bonds. The zero-order chi connectivity index (χ0) is 9.72. The van der Waals surface area contributed by atoms with Gasteiger partial charge in [-0.15, -0.1) is 0 Å². The molecule has 12 heavy (non-hydrogen) atoms. The lowest BCUT2D eigenvalue weighted by atomic mass is 10.00. The van der Waals surface area contributed by atoms with Gasteiger partial charge in [-0.25, -0.2) is 0 Å². The van der Waals surface area contributed by atoms with Crippen molar-refractivity contribution in [3.05, 3.63) is 0 Å². The third kappa shape index (κ3) is 3.80. The van der Waals surface area contributed by atoms with E-state index in [9.17, 15) is 9.90 Å². The van der Waals surface area contributed by atoms with Crippen molar-refractivity contribution in [3.63, 3.8) is 0 Å². The number of carbonyl (C=O) groups excluding carboxylic acids is 1. The van der Waals surface area contributed by atoms with E-state index < -0.39 is 24.6 Å². The number of ketones is 1.